The van der Waals surface area contributed by atoms with Crippen LogP contribution in [0.3, 0.4) is 0 Å². The van der Waals surface area contributed by atoms with Gasteiger partial charge in [-0.25, -0.2) is 4.98 Å². The number of nitrogens with zero attached hydrogens (tertiary/aromatic N) is 2. The molecule has 7 nitrogen and oxygen atoms in total. The molecule has 0 aliphatic carbocycles. The Hall–Kier alpha value is -2.35. The highest BCUT2D eigenvalue weighted by molar-refractivity contribution is 7.15. The van der Waals surface area contributed by atoms with Crippen molar-refractivity contribution in [1.82, 2.24) is 4.98 Å². The van der Waals surface area contributed by atoms with Gasteiger partial charge in [0.2, 0.25) is 0 Å². The SMILES string of the molecule is COc1cc([N+](=O)[O-])ccc1OCc1cnc(N)s1. The number of ether oxygens (including phenoxy) is 2. The lowest BCUT2D eigenvalue weighted by molar-refractivity contribution is -0.385. The zero-order valence-corrected chi connectivity index (χ0v) is 10.8. The van der Waals surface area contributed by atoms with Crippen molar-refractivity contribution in [1.29, 1.82) is 0 Å². The molecule has 0 fully saturated rings. The standard InChI is InChI=1S/C11H11N3O4S/c1-17-10-4-7(14(15)16)2-3-9(10)18-6-8-5-13-11(12)19-8/h2-5H,6H2,1H3,(H2,12,13). The minimum Gasteiger partial charge on any atom is -0.493 e. The monoisotopic (exact) mass is 281 g/mol. The molecule has 0 atom stereocenters. The molecule has 1 aromatic heterocycles. The van der Waals surface area contributed by atoms with E-state index in [9.17, 15) is 10.1 Å². The number of hydrogen-bond acceptors (Lipinski definition) is 7. The molecule has 8 heteroatoms. The number of anilines is 1. The number of nitrogen functional groups attached to an aromatic ring is 1. The van der Waals surface area contributed by atoms with Crippen molar-refractivity contribution < 1.29 is 14.4 Å². The Morgan fingerprint density at radius 3 is 2.84 bits per heavy atom. The van der Waals surface area contributed by atoms with Crippen molar-refractivity contribution in [3.63, 3.8) is 0 Å². The number of nitro groups is 1. The molecule has 100 valence electrons. The first-order valence-corrected chi connectivity index (χ1v) is 6.07. The molecule has 1 aromatic carbocycles. The molecule has 2 N–H and O–H groups in total. The van der Waals surface area contributed by atoms with Gasteiger partial charge in [-0.15, -0.1) is 0 Å². The van der Waals surface area contributed by atoms with Gasteiger partial charge in [0.05, 0.1) is 23.0 Å². The van der Waals surface area contributed by atoms with Gasteiger partial charge in [-0.1, -0.05) is 11.3 Å². The molecular formula is C11H11N3O4S. The van der Waals surface area contributed by atoms with Crippen molar-refractivity contribution >= 4 is 22.2 Å². The number of thiazole rings is 1. The number of benzene rings is 1. The molecule has 2 aromatic rings. The van der Waals surface area contributed by atoms with Crippen LogP contribution in [0.5, 0.6) is 11.5 Å². The Kier molecular flexibility index (Phi) is 3.81. The van der Waals surface area contributed by atoms with Crippen LogP contribution in [-0.2, 0) is 6.61 Å². The van der Waals surface area contributed by atoms with Crippen LogP contribution in [-0.4, -0.2) is 17.0 Å². The summed E-state index contributed by atoms with van der Waals surface area (Å²) in [7, 11) is 1.43. The second-order valence-corrected chi connectivity index (χ2v) is 4.69. The van der Waals surface area contributed by atoms with E-state index in [4.69, 9.17) is 15.2 Å². The molecule has 0 saturated carbocycles. The quantitative estimate of drug-likeness (QED) is 0.666. The summed E-state index contributed by atoms with van der Waals surface area (Å²) in [5.74, 6) is 0.742. The maximum absolute atomic E-state index is 10.7. The number of aromatic nitrogens is 1. The van der Waals surface area contributed by atoms with Crippen LogP contribution >= 0.6 is 11.3 Å². The number of nitro benzene ring substituents is 1. The molecule has 2 rings (SSSR count). The average molecular weight is 281 g/mol. The maximum atomic E-state index is 10.7. The minimum atomic E-state index is -0.490. The number of methoxy groups -OCH3 is 1. The summed E-state index contributed by atoms with van der Waals surface area (Å²) in [5.41, 5.74) is 5.46. The summed E-state index contributed by atoms with van der Waals surface area (Å²) in [4.78, 5) is 14.9. The lowest BCUT2D eigenvalue weighted by atomic mass is 10.3. The molecule has 0 saturated heterocycles. The average Bonchev–Trinajstić information content (AvgIpc) is 2.81. The molecule has 1 heterocycles. The first-order chi connectivity index (χ1) is 9.10. The van der Waals surface area contributed by atoms with Gasteiger partial charge in [-0.05, 0) is 6.07 Å². The van der Waals surface area contributed by atoms with Gasteiger partial charge in [-0.3, -0.25) is 10.1 Å². The summed E-state index contributed by atoms with van der Waals surface area (Å²) < 4.78 is 10.6. The van der Waals surface area contributed by atoms with Crippen LogP contribution in [0.2, 0.25) is 0 Å². The van der Waals surface area contributed by atoms with Crippen LogP contribution in [0.25, 0.3) is 0 Å². The molecule has 0 unspecified atom stereocenters. The predicted octanol–water partition coefficient (Wildman–Crippen LogP) is 2.22. The first kappa shape index (κ1) is 13.1. The Bertz CT molecular complexity index is 599. The van der Waals surface area contributed by atoms with E-state index in [0.29, 0.717) is 16.6 Å². The number of nitrogens with two attached hydrogens (primary N) is 1. The maximum Gasteiger partial charge on any atom is 0.273 e. The number of rotatable bonds is 5. The van der Waals surface area contributed by atoms with Gasteiger partial charge in [0.15, 0.2) is 16.6 Å². The lowest BCUT2D eigenvalue weighted by Gasteiger charge is -2.09. The van der Waals surface area contributed by atoms with E-state index in [-0.39, 0.29) is 12.3 Å². The van der Waals surface area contributed by atoms with Crippen LogP contribution < -0.4 is 15.2 Å². The van der Waals surface area contributed by atoms with E-state index < -0.39 is 4.92 Å². The van der Waals surface area contributed by atoms with Gasteiger partial charge in [0.25, 0.3) is 5.69 Å². The van der Waals surface area contributed by atoms with E-state index >= 15 is 0 Å². The summed E-state index contributed by atoms with van der Waals surface area (Å²) in [6, 6.07) is 4.18. The molecule has 0 spiro atoms. The summed E-state index contributed by atoms with van der Waals surface area (Å²) >= 11 is 1.32. The fourth-order valence-electron chi connectivity index (χ4n) is 1.43. The van der Waals surface area contributed by atoms with Gasteiger partial charge >= 0.3 is 0 Å². The number of hydrogen-bond donors (Lipinski definition) is 1. The Morgan fingerprint density at radius 2 is 2.26 bits per heavy atom. The highest BCUT2D eigenvalue weighted by Gasteiger charge is 2.12. The van der Waals surface area contributed by atoms with Gasteiger partial charge in [0.1, 0.15) is 6.61 Å². The molecule has 0 aliphatic rings. The third kappa shape index (κ3) is 3.10. The fourth-order valence-corrected chi connectivity index (χ4v) is 2.02. The highest BCUT2D eigenvalue weighted by Crippen LogP contribution is 2.32. The third-order valence-corrected chi connectivity index (χ3v) is 3.10. The summed E-state index contributed by atoms with van der Waals surface area (Å²) in [6.07, 6.45) is 1.62. The second kappa shape index (κ2) is 5.53. The van der Waals surface area contributed by atoms with Gasteiger partial charge < -0.3 is 15.2 Å². The smallest absolute Gasteiger partial charge is 0.273 e. The summed E-state index contributed by atoms with van der Waals surface area (Å²) in [6.45, 7) is 0.281. The van der Waals surface area contributed by atoms with E-state index in [0.717, 1.165) is 4.88 Å². The summed E-state index contributed by atoms with van der Waals surface area (Å²) in [5, 5.41) is 11.1. The molecule has 0 radical (unpaired) electrons. The molecule has 0 amide bonds. The van der Waals surface area contributed by atoms with Crippen molar-refractivity contribution in [3.8, 4) is 11.5 Å². The molecule has 19 heavy (non-hydrogen) atoms. The van der Waals surface area contributed by atoms with Crippen molar-refractivity contribution in [2.75, 3.05) is 12.8 Å². The fraction of sp³-hybridized carbons (Fsp3) is 0.182. The van der Waals surface area contributed by atoms with Crippen molar-refractivity contribution in [3.05, 3.63) is 39.4 Å². The van der Waals surface area contributed by atoms with E-state index in [2.05, 4.69) is 4.98 Å². The van der Waals surface area contributed by atoms with Crippen molar-refractivity contribution in [2.45, 2.75) is 6.61 Å². The van der Waals surface area contributed by atoms with Gasteiger partial charge in [-0.2, -0.15) is 0 Å². The van der Waals surface area contributed by atoms with E-state index in [1.165, 1.54) is 36.6 Å². The Morgan fingerprint density at radius 1 is 1.47 bits per heavy atom. The highest BCUT2D eigenvalue weighted by atomic mass is 32.1. The van der Waals surface area contributed by atoms with Crippen LogP contribution in [0.1, 0.15) is 4.88 Å². The largest absolute Gasteiger partial charge is 0.493 e. The lowest BCUT2D eigenvalue weighted by Crippen LogP contribution is -1.97. The van der Waals surface area contributed by atoms with Gasteiger partial charge in [0, 0.05) is 12.3 Å². The van der Waals surface area contributed by atoms with Crippen LogP contribution in [0.4, 0.5) is 10.8 Å². The van der Waals surface area contributed by atoms with Crippen LogP contribution in [0.15, 0.2) is 24.4 Å². The van der Waals surface area contributed by atoms with Crippen LogP contribution in [0, 0.1) is 10.1 Å². The third-order valence-electron chi connectivity index (χ3n) is 2.30. The molecular weight excluding hydrogens is 270 g/mol. The van der Waals surface area contributed by atoms with E-state index in [1.807, 2.05) is 0 Å². The first-order valence-electron chi connectivity index (χ1n) is 5.25. The molecule has 0 bridgehead atoms. The normalized spacial score (nSPS) is 10.2. The van der Waals surface area contributed by atoms with Crippen molar-refractivity contribution in [2.24, 2.45) is 0 Å². The Labute approximate surface area is 112 Å². The Balaban J connectivity index is 2.13. The zero-order valence-electron chi connectivity index (χ0n) is 10.0. The molecule has 0 aliphatic heterocycles. The number of non-ortho nitro benzene ring substituents is 1. The predicted molar refractivity (Wildman–Crippen MR) is 70.5 cm³/mol. The van der Waals surface area contributed by atoms with E-state index in [1.54, 1.807) is 6.20 Å². The zero-order chi connectivity index (χ0) is 13.8. The second-order valence-electron chi connectivity index (χ2n) is 3.55. The minimum absolute atomic E-state index is 0.0498. The topological polar surface area (TPSA) is 101 Å².